The van der Waals surface area contributed by atoms with Crippen molar-refractivity contribution in [3.63, 3.8) is 0 Å². The Hall–Kier alpha value is -1.76. The third kappa shape index (κ3) is 1.40. The van der Waals surface area contributed by atoms with Crippen molar-refractivity contribution >= 4 is 21.8 Å². The summed E-state index contributed by atoms with van der Waals surface area (Å²) in [6.07, 6.45) is 0. The zero-order valence-corrected chi connectivity index (χ0v) is 11.5. The van der Waals surface area contributed by atoms with Crippen LogP contribution in [0.4, 0.5) is 0 Å². The normalized spacial score (nSPS) is 11.8. The maximum absolute atomic E-state index is 2.45. The second-order valence-electron chi connectivity index (χ2n) is 5.40. The summed E-state index contributed by atoms with van der Waals surface area (Å²) >= 11 is 0. The molecular formula is C17H19N. The SMILES string of the molecule is Cc1cccc2c1c1c(C)cccc1n2C(C)C. The lowest BCUT2D eigenvalue weighted by molar-refractivity contribution is 0.642. The van der Waals surface area contributed by atoms with Crippen LogP contribution in [0, 0.1) is 13.8 Å². The van der Waals surface area contributed by atoms with E-state index in [0.717, 1.165) is 0 Å². The molecule has 0 aliphatic rings. The smallest absolute Gasteiger partial charge is 0.0496 e. The van der Waals surface area contributed by atoms with Crippen molar-refractivity contribution in [3.05, 3.63) is 47.5 Å². The van der Waals surface area contributed by atoms with Crippen molar-refractivity contribution in [2.75, 3.05) is 0 Å². The first kappa shape index (κ1) is 11.3. The molecule has 3 aromatic rings. The molecule has 0 spiro atoms. The van der Waals surface area contributed by atoms with E-state index in [-0.39, 0.29) is 0 Å². The van der Waals surface area contributed by atoms with Gasteiger partial charge in [-0.1, -0.05) is 24.3 Å². The van der Waals surface area contributed by atoms with E-state index in [1.165, 1.54) is 32.9 Å². The molecule has 0 saturated carbocycles. The molecule has 0 radical (unpaired) electrons. The number of nitrogens with zero attached hydrogens (tertiary/aromatic N) is 1. The van der Waals surface area contributed by atoms with Crippen molar-refractivity contribution in [1.29, 1.82) is 0 Å². The van der Waals surface area contributed by atoms with E-state index in [0.29, 0.717) is 6.04 Å². The molecule has 1 heteroatoms. The Labute approximate surface area is 108 Å². The topological polar surface area (TPSA) is 4.93 Å². The molecule has 0 unspecified atom stereocenters. The van der Waals surface area contributed by atoms with Gasteiger partial charge >= 0.3 is 0 Å². The molecule has 2 aromatic carbocycles. The number of benzene rings is 2. The summed E-state index contributed by atoms with van der Waals surface area (Å²) in [6, 6.07) is 13.7. The summed E-state index contributed by atoms with van der Waals surface area (Å²) in [5, 5.41) is 2.83. The van der Waals surface area contributed by atoms with E-state index >= 15 is 0 Å². The van der Waals surface area contributed by atoms with Crippen LogP contribution >= 0.6 is 0 Å². The average Bonchev–Trinajstić information content (AvgIpc) is 2.65. The molecule has 0 N–H and O–H groups in total. The van der Waals surface area contributed by atoms with Gasteiger partial charge in [-0.05, 0) is 51.0 Å². The Balaban J connectivity index is 2.66. The largest absolute Gasteiger partial charge is 0.338 e. The van der Waals surface area contributed by atoms with Crippen LogP contribution in [0.2, 0.25) is 0 Å². The predicted octanol–water partition coefficient (Wildman–Crippen LogP) is 4.99. The standard InChI is InChI=1S/C17H19N/c1-11(2)18-14-9-5-7-12(3)16(14)17-13(4)8-6-10-15(17)18/h5-11H,1-4H3. The van der Waals surface area contributed by atoms with Crippen molar-refractivity contribution in [1.82, 2.24) is 4.57 Å². The van der Waals surface area contributed by atoms with Gasteiger partial charge in [0.15, 0.2) is 0 Å². The summed E-state index contributed by atoms with van der Waals surface area (Å²) in [4.78, 5) is 0. The van der Waals surface area contributed by atoms with Crippen LogP contribution in [-0.4, -0.2) is 4.57 Å². The third-order valence-electron chi connectivity index (χ3n) is 3.79. The van der Waals surface area contributed by atoms with Crippen LogP contribution in [-0.2, 0) is 0 Å². The van der Waals surface area contributed by atoms with Crippen LogP contribution in [0.15, 0.2) is 36.4 Å². The minimum absolute atomic E-state index is 0.480. The first-order valence-corrected chi connectivity index (χ1v) is 6.60. The lowest BCUT2D eigenvalue weighted by Crippen LogP contribution is -1.99. The molecule has 0 atom stereocenters. The number of hydrogen-bond donors (Lipinski definition) is 0. The Bertz CT molecular complexity index is 673. The second kappa shape index (κ2) is 3.88. The molecule has 0 saturated heterocycles. The van der Waals surface area contributed by atoms with Gasteiger partial charge in [-0.3, -0.25) is 0 Å². The third-order valence-corrected chi connectivity index (χ3v) is 3.79. The fourth-order valence-electron chi connectivity index (χ4n) is 3.04. The average molecular weight is 237 g/mol. The molecule has 0 amide bonds. The molecule has 3 rings (SSSR count). The van der Waals surface area contributed by atoms with E-state index in [2.05, 4.69) is 68.7 Å². The minimum atomic E-state index is 0.480. The summed E-state index contributed by atoms with van der Waals surface area (Å²) < 4.78 is 2.45. The molecule has 92 valence electrons. The van der Waals surface area contributed by atoms with Gasteiger partial charge in [0.1, 0.15) is 0 Å². The number of aromatic nitrogens is 1. The number of rotatable bonds is 1. The highest BCUT2D eigenvalue weighted by atomic mass is 15.0. The molecule has 1 heterocycles. The van der Waals surface area contributed by atoms with Gasteiger partial charge in [-0.15, -0.1) is 0 Å². The van der Waals surface area contributed by atoms with Gasteiger partial charge in [0.25, 0.3) is 0 Å². The van der Waals surface area contributed by atoms with Crippen molar-refractivity contribution in [2.24, 2.45) is 0 Å². The molecule has 1 nitrogen and oxygen atoms in total. The Morgan fingerprint density at radius 3 is 1.61 bits per heavy atom. The van der Waals surface area contributed by atoms with E-state index in [9.17, 15) is 0 Å². The van der Waals surface area contributed by atoms with E-state index in [1.54, 1.807) is 0 Å². The van der Waals surface area contributed by atoms with E-state index in [4.69, 9.17) is 0 Å². The predicted molar refractivity (Wildman–Crippen MR) is 79.3 cm³/mol. The van der Waals surface area contributed by atoms with Crippen molar-refractivity contribution < 1.29 is 0 Å². The highest BCUT2D eigenvalue weighted by Gasteiger charge is 2.14. The summed E-state index contributed by atoms with van der Waals surface area (Å²) in [6.45, 7) is 8.92. The zero-order chi connectivity index (χ0) is 12.9. The highest BCUT2D eigenvalue weighted by Crippen LogP contribution is 2.35. The van der Waals surface area contributed by atoms with E-state index in [1.807, 2.05) is 0 Å². The minimum Gasteiger partial charge on any atom is -0.338 e. The summed E-state index contributed by atoms with van der Waals surface area (Å²) in [5.74, 6) is 0. The van der Waals surface area contributed by atoms with Gasteiger partial charge in [0, 0.05) is 27.8 Å². The Morgan fingerprint density at radius 2 is 1.22 bits per heavy atom. The first-order chi connectivity index (χ1) is 8.61. The molecule has 0 bridgehead atoms. The van der Waals surface area contributed by atoms with Crippen molar-refractivity contribution in [2.45, 2.75) is 33.7 Å². The quantitative estimate of drug-likeness (QED) is 0.561. The molecule has 0 fully saturated rings. The first-order valence-electron chi connectivity index (χ1n) is 6.60. The lowest BCUT2D eigenvalue weighted by Gasteiger charge is -2.11. The number of fused-ring (bicyclic) bond motifs is 3. The maximum atomic E-state index is 2.45. The highest BCUT2D eigenvalue weighted by molar-refractivity contribution is 6.11. The Kier molecular flexibility index (Phi) is 2.44. The van der Waals surface area contributed by atoms with Crippen LogP contribution in [0.25, 0.3) is 21.8 Å². The van der Waals surface area contributed by atoms with Gasteiger partial charge in [0.2, 0.25) is 0 Å². The van der Waals surface area contributed by atoms with Gasteiger partial charge in [0.05, 0.1) is 0 Å². The zero-order valence-electron chi connectivity index (χ0n) is 11.5. The molecule has 18 heavy (non-hydrogen) atoms. The van der Waals surface area contributed by atoms with Crippen LogP contribution in [0.5, 0.6) is 0 Å². The second-order valence-corrected chi connectivity index (χ2v) is 5.40. The maximum Gasteiger partial charge on any atom is 0.0496 e. The summed E-state index contributed by atoms with van der Waals surface area (Å²) in [5.41, 5.74) is 5.45. The summed E-state index contributed by atoms with van der Waals surface area (Å²) in [7, 11) is 0. The number of hydrogen-bond acceptors (Lipinski definition) is 0. The fraction of sp³-hybridized carbons (Fsp3) is 0.294. The van der Waals surface area contributed by atoms with Gasteiger partial charge < -0.3 is 4.57 Å². The Morgan fingerprint density at radius 1 is 0.778 bits per heavy atom. The van der Waals surface area contributed by atoms with Gasteiger partial charge in [-0.2, -0.15) is 0 Å². The molecule has 0 aliphatic carbocycles. The fourth-order valence-corrected chi connectivity index (χ4v) is 3.04. The van der Waals surface area contributed by atoms with Crippen LogP contribution in [0.1, 0.15) is 31.0 Å². The van der Waals surface area contributed by atoms with Gasteiger partial charge in [-0.25, -0.2) is 0 Å². The van der Waals surface area contributed by atoms with Crippen LogP contribution < -0.4 is 0 Å². The molecule has 1 aromatic heterocycles. The number of aryl methyl sites for hydroxylation is 2. The van der Waals surface area contributed by atoms with Crippen molar-refractivity contribution in [3.8, 4) is 0 Å². The van der Waals surface area contributed by atoms with Crippen LogP contribution in [0.3, 0.4) is 0 Å². The molecular weight excluding hydrogens is 218 g/mol. The molecule has 0 aliphatic heterocycles. The monoisotopic (exact) mass is 237 g/mol. The lowest BCUT2D eigenvalue weighted by atomic mass is 10.0. The van der Waals surface area contributed by atoms with E-state index < -0.39 is 0 Å².